The number of halogens is 2. The number of nitrogens with two attached hydrogens (primary N) is 1. The van der Waals surface area contributed by atoms with Gasteiger partial charge in [0.15, 0.2) is 0 Å². The predicted molar refractivity (Wildman–Crippen MR) is 47.8 cm³/mol. The van der Waals surface area contributed by atoms with E-state index in [1.807, 2.05) is 0 Å². The monoisotopic (exact) mass is 196 g/mol. The first-order valence-corrected chi connectivity index (χ1v) is 4.52. The number of hydrogen-bond donors (Lipinski definition) is 2. The Labute approximate surface area is 77.5 Å². The first-order valence-electron chi connectivity index (χ1n) is 4.52. The summed E-state index contributed by atoms with van der Waals surface area (Å²) in [4.78, 5) is 1.56. The van der Waals surface area contributed by atoms with E-state index >= 15 is 0 Å². The molecule has 0 spiro atoms. The lowest BCUT2D eigenvalue weighted by Gasteiger charge is -2.20. The van der Waals surface area contributed by atoms with Crippen molar-refractivity contribution in [3.8, 4) is 0 Å². The number of aliphatic hydroxyl groups is 1. The topological polar surface area (TPSA) is 49.5 Å². The molecule has 0 saturated heterocycles. The Hall–Kier alpha value is -0.260. The minimum atomic E-state index is -2.33. The molecule has 0 rings (SSSR count). The van der Waals surface area contributed by atoms with Crippen LogP contribution in [0.25, 0.3) is 0 Å². The molecule has 13 heavy (non-hydrogen) atoms. The summed E-state index contributed by atoms with van der Waals surface area (Å²) in [7, 11) is 0. The largest absolute Gasteiger partial charge is 0.395 e. The molecule has 0 aliphatic heterocycles. The molecule has 0 aliphatic carbocycles. The average Bonchev–Trinajstić information content (AvgIpc) is 2.04. The molecule has 3 nitrogen and oxygen atoms in total. The van der Waals surface area contributed by atoms with E-state index in [2.05, 4.69) is 0 Å². The van der Waals surface area contributed by atoms with E-state index in [0.717, 1.165) is 12.8 Å². The van der Waals surface area contributed by atoms with E-state index in [9.17, 15) is 8.78 Å². The maximum absolute atomic E-state index is 12.0. The zero-order valence-corrected chi connectivity index (χ0v) is 7.75. The van der Waals surface area contributed by atoms with Gasteiger partial charge in [-0.05, 0) is 25.9 Å². The number of hydrogen-bond acceptors (Lipinski definition) is 3. The Balaban J connectivity index is 3.53. The number of rotatable bonds is 8. The Morgan fingerprint density at radius 3 is 2.38 bits per heavy atom. The van der Waals surface area contributed by atoms with Gasteiger partial charge >= 0.3 is 0 Å². The highest BCUT2D eigenvalue weighted by atomic mass is 19.3. The van der Waals surface area contributed by atoms with Crippen molar-refractivity contribution in [3.63, 3.8) is 0 Å². The molecule has 5 heteroatoms. The van der Waals surface area contributed by atoms with Crippen molar-refractivity contribution >= 4 is 0 Å². The SMILES string of the molecule is NCCCCN(CCO)CC(F)F. The highest BCUT2D eigenvalue weighted by Crippen LogP contribution is 2.00. The third kappa shape index (κ3) is 8.08. The number of nitrogens with zero attached hydrogens (tertiary/aromatic N) is 1. The smallest absolute Gasteiger partial charge is 0.251 e. The summed E-state index contributed by atoms with van der Waals surface area (Å²) in [5.74, 6) is 0. The highest BCUT2D eigenvalue weighted by molar-refractivity contribution is 4.58. The second-order valence-electron chi connectivity index (χ2n) is 2.91. The van der Waals surface area contributed by atoms with Crippen LogP contribution in [0, 0.1) is 0 Å². The molecule has 0 bridgehead atoms. The van der Waals surface area contributed by atoms with Crippen molar-refractivity contribution in [2.45, 2.75) is 19.3 Å². The molecule has 3 N–H and O–H groups in total. The number of aliphatic hydroxyl groups excluding tert-OH is 1. The zero-order chi connectivity index (χ0) is 10.1. The zero-order valence-electron chi connectivity index (χ0n) is 7.75. The van der Waals surface area contributed by atoms with Gasteiger partial charge in [0.1, 0.15) is 0 Å². The molecule has 0 amide bonds. The van der Waals surface area contributed by atoms with E-state index in [0.29, 0.717) is 19.6 Å². The summed E-state index contributed by atoms with van der Waals surface area (Å²) in [6.45, 7) is 1.15. The van der Waals surface area contributed by atoms with Crippen LogP contribution >= 0.6 is 0 Å². The molecular weight excluding hydrogens is 178 g/mol. The summed E-state index contributed by atoms with van der Waals surface area (Å²) in [5.41, 5.74) is 5.27. The molecular formula is C8H18F2N2O. The normalized spacial score (nSPS) is 11.5. The first kappa shape index (κ1) is 12.7. The van der Waals surface area contributed by atoms with Crippen molar-refractivity contribution in [1.29, 1.82) is 0 Å². The molecule has 0 aromatic rings. The molecule has 0 fully saturated rings. The highest BCUT2D eigenvalue weighted by Gasteiger charge is 2.10. The van der Waals surface area contributed by atoms with Crippen molar-refractivity contribution in [3.05, 3.63) is 0 Å². The van der Waals surface area contributed by atoms with Crippen LogP contribution in [0.3, 0.4) is 0 Å². The van der Waals surface area contributed by atoms with Gasteiger partial charge in [-0.2, -0.15) is 0 Å². The molecule has 0 aromatic heterocycles. The Kier molecular flexibility index (Phi) is 8.18. The standard InChI is InChI=1S/C8H18F2N2O/c9-8(10)7-12(5-6-13)4-2-1-3-11/h8,13H,1-7,11H2. The molecule has 0 unspecified atom stereocenters. The van der Waals surface area contributed by atoms with Crippen molar-refractivity contribution in [2.75, 3.05) is 32.8 Å². The lowest BCUT2D eigenvalue weighted by molar-refractivity contribution is 0.0776. The Morgan fingerprint density at radius 1 is 1.23 bits per heavy atom. The van der Waals surface area contributed by atoms with Gasteiger partial charge in [-0.25, -0.2) is 8.78 Å². The van der Waals surface area contributed by atoms with Crippen LogP contribution in [0.15, 0.2) is 0 Å². The van der Waals surface area contributed by atoms with Gasteiger partial charge in [0.25, 0.3) is 6.43 Å². The van der Waals surface area contributed by atoms with Crippen molar-refractivity contribution in [2.24, 2.45) is 5.73 Å². The number of alkyl halides is 2. The van der Waals surface area contributed by atoms with Crippen LogP contribution in [0.5, 0.6) is 0 Å². The second kappa shape index (κ2) is 8.34. The van der Waals surface area contributed by atoms with Gasteiger partial charge in [0.2, 0.25) is 0 Å². The third-order valence-electron chi connectivity index (χ3n) is 1.74. The van der Waals surface area contributed by atoms with E-state index in [4.69, 9.17) is 10.8 Å². The fraction of sp³-hybridized carbons (Fsp3) is 1.00. The molecule has 0 aliphatic rings. The predicted octanol–water partition coefficient (Wildman–Crippen LogP) is 0.285. The summed E-state index contributed by atoms with van der Waals surface area (Å²) in [6, 6.07) is 0. The van der Waals surface area contributed by atoms with E-state index in [1.54, 1.807) is 4.90 Å². The van der Waals surface area contributed by atoms with Gasteiger partial charge in [-0.15, -0.1) is 0 Å². The maximum atomic E-state index is 12.0. The van der Waals surface area contributed by atoms with E-state index < -0.39 is 6.43 Å². The molecule has 0 heterocycles. The molecule has 80 valence electrons. The van der Waals surface area contributed by atoms with E-state index in [-0.39, 0.29) is 13.2 Å². The van der Waals surface area contributed by atoms with Crippen LogP contribution < -0.4 is 5.73 Å². The summed E-state index contributed by atoms with van der Waals surface area (Å²) in [6.07, 6.45) is -0.682. The lowest BCUT2D eigenvalue weighted by Crippen LogP contribution is -2.32. The van der Waals surface area contributed by atoms with E-state index in [1.165, 1.54) is 0 Å². The average molecular weight is 196 g/mol. The van der Waals surface area contributed by atoms with Crippen LogP contribution in [-0.2, 0) is 0 Å². The van der Waals surface area contributed by atoms with Gasteiger partial charge in [-0.1, -0.05) is 0 Å². The molecule has 0 saturated carbocycles. The van der Waals surface area contributed by atoms with Gasteiger partial charge in [0.05, 0.1) is 13.2 Å². The molecule has 0 atom stereocenters. The van der Waals surface area contributed by atoms with Gasteiger partial charge in [0, 0.05) is 6.54 Å². The van der Waals surface area contributed by atoms with Crippen LogP contribution in [0.4, 0.5) is 8.78 Å². The Morgan fingerprint density at radius 2 is 1.92 bits per heavy atom. The lowest BCUT2D eigenvalue weighted by atomic mass is 10.3. The van der Waals surface area contributed by atoms with Crippen LogP contribution in [0.2, 0.25) is 0 Å². The molecule has 0 aromatic carbocycles. The minimum absolute atomic E-state index is 0.0741. The fourth-order valence-corrected chi connectivity index (χ4v) is 1.11. The van der Waals surface area contributed by atoms with Crippen molar-refractivity contribution in [1.82, 2.24) is 4.90 Å². The first-order chi connectivity index (χ1) is 6.20. The van der Waals surface area contributed by atoms with Gasteiger partial charge < -0.3 is 10.8 Å². The number of unbranched alkanes of at least 4 members (excludes halogenated alkanes) is 1. The van der Waals surface area contributed by atoms with Crippen LogP contribution in [-0.4, -0.2) is 49.2 Å². The molecule has 0 radical (unpaired) electrons. The van der Waals surface area contributed by atoms with Crippen molar-refractivity contribution < 1.29 is 13.9 Å². The maximum Gasteiger partial charge on any atom is 0.251 e. The Bertz CT molecular complexity index is 114. The summed E-state index contributed by atoms with van der Waals surface area (Å²) < 4.78 is 23.9. The fourth-order valence-electron chi connectivity index (χ4n) is 1.11. The van der Waals surface area contributed by atoms with Crippen LogP contribution in [0.1, 0.15) is 12.8 Å². The summed E-state index contributed by atoms with van der Waals surface area (Å²) >= 11 is 0. The quantitative estimate of drug-likeness (QED) is 0.548. The summed E-state index contributed by atoms with van der Waals surface area (Å²) in [5, 5.41) is 8.59. The minimum Gasteiger partial charge on any atom is -0.395 e. The van der Waals surface area contributed by atoms with Gasteiger partial charge in [-0.3, -0.25) is 4.90 Å². The second-order valence-corrected chi connectivity index (χ2v) is 2.91. The third-order valence-corrected chi connectivity index (χ3v) is 1.74.